The molecule has 0 bridgehead atoms. The number of carbonyl (C=O) groups is 4. The van der Waals surface area contributed by atoms with Gasteiger partial charge in [-0.3, -0.25) is 19.4 Å². The third kappa shape index (κ3) is 4.15. The number of likely N-dealkylation sites (tertiary alicyclic amines) is 1. The molecule has 128 valence electrons. The van der Waals surface area contributed by atoms with Crippen molar-refractivity contribution in [2.45, 2.75) is 25.8 Å². The summed E-state index contributed by atoms with van der Waals surface area (Å²) >= 11 is 0. The summed E-state index contributed by atoms with van der Waals surface area (Å²) < 4.78 is 0. The zero-order chi connectivity index (χ0) is 17.5. The van der Waals surface area contributed by atoms with Crippen molar-refractivity contribution in [2.24, 2.45) is 0 Å². The van der Waals surface area contributed by atoms with Crippen molar-refractivity contribution in [3.8, 4) is 0 Å². The number of hydrogen-bond donors (Lipinski definition) is 2. The van der Waals surface area contributed by atoms with Gasteiger partial charge in [0.05, 0.1) is 18.7 Å². The van der Waals surface area contributed by atoms with Crippen LogP contribution in [0.25, 0.3) is 0 Å². The van der Waals surface area contributed by atoms with E-state index in [2.05, 4.69) is 15.6 Å². The highest BCUT2D eigenvalue weighted by atomic mass is 16.2. The standard InChI is InChI=1S/C16H20N4O4/c1-11-4-5-17-9-12(11)15(23)19-10-14(22)20-7-2-3-13(20)16(24)18-6-8-21/h4-5,8-9,13H,2-3,6-7,10H2,1H3,(H,18,24)(H,19,23)/t13-/m0/s1. The van der Waals surface area contributed by atoms with Gasteiger partial charge in [0.1, 0.15) is 12.3 Å². The largest absolute Gasteiger partial charge is 0.348 e. The van der Waals surface area contributed by atoms with Crippen LogP contribution in [-0.2, 0) is 14.4 Å². The second kappa shape index (κ2) is 8.19. The van der Waals surface area contributed by atoms with Gasteiger partial charge in [-0.25, -0.2) is 0 Å². The van der Waals surface area contributed by atoms with Crippen LogP contribution >= 0.6 is 0 Å². The highest BCUT2D eigenvalue weighted by molar-refractivity contribution is 5.98. The number of aryl methyl sites for hydroxylation is 1. The van der Waals surface area contributed by atoms with E-state index in [-0.39, 0.29) is 30.8 Å². The van der Waals surface area contributed by atoms with Gasteiger partial charge < -0.3 is 20.3 Å². The van der Waals surface area contributed by atoms with Crippen LogP contribution < -0.4 is 10.6 Å². The molecule has 1 saturated heterocycles. The molecule has 0 spiro atoms. The molecule has 1 aromatic heterocycles. The Kier molecular flexibility index (Phi) is 6.00. The fourth-order valence-corrected chi connectivity index (χ4v) is 2.65. The fraction of sp³-hybridized carbons (Fsp3) is 0.438. The predicted octanol–water partition coefficient (Wildman–Crippen LogP) is -0.574. The Balaban J connectivity index is 1.91. The van der Waals surface area contributed by atoms with Crippen molar-refractivity contribution in [1.82, 2.24) is 20.5 Å². The van der Waals surface area contributed by atoms with Gasteiger partial charge in [-0.1, -0.05) is 0 Å². The number of nitrogens with zero attached hydrogens (tertiary/aromatic N) is 2. The van der Waals surface area contributed by atoms with E-state index >= 15 is 0 Å². The number of pyridine rings is 1. The molecule has 2 heterocycles. The van der Waals surface area contributed by atoms with Crippen LogP contribution in [0, 0.1) is 6.92 Å². The van der Waals surface area contributed by atoms with Crippen molar-refractivity contribution in [3.63, 3.8) is 0 Å². The van der Waals surface area contributed by atoms with Crippen LogP contribution in [0.2, 0.25) is 0 Å². The molecule has 8 nitrogen and oxygen atoms in total. The fourth-order valence-electron chi connectivity index (χ4n) is 2.65. The molecule has 0 aliphatic carbocycles. The minimum atomic E-state index is -0.588. The van der Waals surface area contributed by atoms with Crippen LogP contribution in [-0.4, -0.2) is 59.6 Å². The molecular formula is C16H20N4O4. The molecule has 1 aliphatic rings. The van der Waals surface area contributed by atoms with Crippen molar-refractivity contribution in [1.29, 1.82) is 0 Å². The van der Waals surface area contributed by atoms with Gasteiger partial charge >= 0.3 is 0 Å². The average molecular weight is 332 g/mol. The Labute approximate surface area is 139 Å². The summed E-state index contributed by atoms with van der Waals surface area (Å²) in [5.74, 6) is -1.05. The third-order valence-corrected chi connectivity index (χ3v) is 3.92. The molecule has 1 aromatic rings. The van der Waals surface area contributed by atoms with Crippen LogP contribution in [0.15, 0.2) is 18.5 Å². The van der Waals surface area contributed by atoms with Crippen molar-refractivity contribution < 1.29 is 19.2 Å². The molecule has 2 N–H and O–H groups in total. The van der Waals surface area contributed by atoms with E-state index in [4.69, 9.17) is 0 Å². The van der Waals surface area contributed by atoms with Crippen molar-refractivity contribution >= 4 is 24.0 Å². The number of hydrogen-bond acceptors (Lipinski definition) is 5. The number of aromatic nitrogens is 1. The van der Waals surface area contributed by atoms with E-state index < -0.39 is 6.04 Å². The van der Waals surface area contributed by atoms with E-state index in [1.54, 1.807) is 19.2 Å². The Morgan fingerprint density at radius 1 is 1.38 bits per heavy atom. The predicted molar refractivity (Wildman–Crippen MR) is 85.1 cm³/mol. The lowest BCUT2D eigenvalue weighted by molar-refractivity contribution is -0.137. The maximum atomic E-state index is 12.3. The molecule has 0 aromatic carbocycles. The zero-order valence-corrected chi connectivity index (χ0v) is 13.4. The first-order chi connectivity index (χ1) is 11.5. The summed E-state index contributed by atoms with van der Waals surface area (Å²) in [7, 11) is 0. The second-order valence-electron chi connectivity index (χ2n) is 5.53. The molecule has 24 heavy (non-hydrogen) atoms. The summed E-state index contributed by atoms with van der Waals surface area (Å²) in [6, 6.07) is 1.12. The molecule has 3 amide bonds. The van der Waals surface area contributed by atoms with Crippen LogP contribution in [0.5, 0.6) is 0 Å². The van der Waals surface area contributed by atoms with E-state index in [0.29, 0.717) is 31.2 Å². The van der Waals surface area contributed by atoms with Gasteiger partial charge in [0.15, 0.2) is 0 Å². The lowest BCUT2D eigenvalue weighted by Crippen LogP contribution is -2.49. The number of aldehydes is 1. The van der Waals surface area contributed by atoms with Gasteiger partial charge in [0.2, 0.25) is 11.8 Å². The first-order valence-corrected chi connectivity index (χ1v) is 7.74. The molecule has 1 atom stereocenters. The number of carbonyl (C=O) groups excluding carboxylic acids is 4. The highest BCUT2D eigenvalue weighted by Crippen LogP contribution is 2.17. The monoisotopic (exact) mass is 332 g/mol. The van der Waals surface area contributed by atoms with Gasteiger partial charge in [0, 0.05) is 18.9 Å². The Hall–Kier alpha value is -2.77. The normalized spacial score (nSPS) is 16.5. The van der Waals surface area contributed by atoms with E-state index in [0.717, 1.165) is 5.56 Å². The maximum Gasteiger partial charge on any atom is 0.253 e. The topological polar surface area (TPSA) is 108 Å². The molecule has 0 radical (unpaired) electrons. The molecule has 1 aliphatic heterocycles. The van der Waals surface area contributed by atoms with E-state index in [9.17, 15) is 19.2 Å². The summed E-state index contributed by atoms with van der Waals surface area (Å²) in [5, 5.41) is 5.02. The molecule has 0 saturated carbocycles. The van der Waals surface area contributed by atoms with Crippen LogP contribution in [0.1, 0.15) is 28.8 Å². The Bertz CT molecular complexity index is 647. The van der Waals surface area contributed by atoms with E-state index in [1.165, 1.54) is 11.1 Å². The number of rotatable bonds is 6. The van der Waals surface area contributed by atoms with Crippen molar-refractivity contribution in [3.05, 3.63) is 29.6 Å². The van der Waals surface area contributed by atoms with Gasteiger partial charge in [0.25, 0.3) is 5.91 Å². The van der Waals surface area contributed by atoms with Crippen LogP contribution in [0.3, 0.4) is 0 Å². The first-order valence-electron chi connectivity index (χ1n) is 7.74. The number of amides is 3. The van der Waals surface area contributed by atoms with Gasteiger partial charge in [-0.2, -0.15) is 0 Å². The Morgan fingerprint density at radius 3 is 2.88 bits per heavy atom. The van der Waals surface area contributed by atoms with Gasteiger partial charge in [-0.05, 0) is 31.4 Å². The molecule has 1 fully saturated rings. The summed E-state index contributed by atoms with van der Waals surface area (Å²) in [4.78, 5) is 52.0. The maximum absolute atomic E-state index is 12.3. The zero-order valence-electron chi connectivity index (χ0n) is 13.4. The van der Waals surface area contributed by atoms with Gasteiger partial charge in [-0.15, -0.1) is 0 Å². The summed E-state index contributed by atoms with van der Waals surface area (Å²) in [6.07, 6.45) is 4.88. The van der Waals surface area contributed by atoms with E-state index in [1.807, 2.05) is 0 Å². The Morgan fingerprint density at radius 2 is 2.17 bits per heavy atom. The molecular weight excluding hydrogens is 312 g/mol. The molecule has 2 rings (SSSR count). The molecule has 8 heteroatoms. The van der Waals surface area contributed by atoms with Crippen molar-refractivity contribution in [2.75, 3.05) is 19.6 Å². The summed E-state index contributed by atoms with van der Waals surface area (Å²) in [6.45, 7) is 1.98. The summed E-state index contributed by atoms with van der Waals surface area (Å²) in [5.41, 5.74) is 1.18. The average Bonchev–Trinajstić information content (AvgIpc) is 3.07. The number of nitrogens with one attached hydrogen (secondary N) is 2. The smallest absolute Gasteiger partial charge is 0.253 e. The van der Waals surface area contributed by atoms with Crippen LogP contribution in [0.4, 0.5) is 0 Å². The quantitative estimate of drug-likeness (QED) is 0.678. The SMILES string of the molecule is Cc1ccncc1C(=O)NCC(=O)N1CCC[C@H]1C(=O)NCC=O. The second-order valence-corrected chi connectivity index (χ2v) is 5.53. The first kappa shape index (κ1) is 17.6. The molecule has 0 unspecified atom stereocenters. The minimum absolute atomic E-state index is 0.0750. The lowest BCUT2D eigenvalue weighted by Gasteiger charge is -2.23. The lowest BCUT2D eigenvalue weighted by atomic mass is 10.1. The minimum Gasteiger partial charge on any atom is -0.348 e. The highest BCUT2D eigenvalue weighted by Gasteiger charge is 2.33. The third-order valence-electron chi connectivity index (χ3n) is 3.92.